The van der Waals surface area contributed by atoms with Crippen LogP contribution in [0.3, 0.4) is 0 Å². The number of rotatable bonds is 5. The fourth-order valence-corrected chi connectivity index (χ4v) is 1.79. The van der Waals surface area contributed by atoms with Crippen LogP contribution in [-0.2, 0) is 17.8 Å². The lowest BCUT2D eigenvalue weighted by Gasteiger charge is -2.05. The summed E-state index contributed by atoms with van der Waals surface area (Å²) in [4.78, 5) is 10.5. The predicted octanol–water partition coefficient (Wildman–Crippen LogP) is 1.79. The molecule has 1 N–H and O–H groups in total. The fourth-order valence-electron chi connectivity index (χ4n) is 1.79. The summed E-state index contributed by atoms with van der Waals surface area (Å²) in [7, 11) is 0. The second-order valence-corrected chi connectivity index (χ2v) is 4.26. The molecule has 0 aliphatic carbocycles. The second-order valence-electron chi connectivity index (χ2n) is 4.26. The Bertz CT molecular complexity index is 595. The number of aryl methyl sites for hydroxylation is 1. The summed E-state index contributed by atoms with van der Waals surface area (Å²) in [5.41, 5.74) is 1.93. The third kappa shape index (κ3) is 3.15. The zero-order chi connectivity index (χ0) is 13.8. The van der Waals surface area contributed by atoms with E-state index < -0.39 is 5.97 Å². The third-order valence-electron chi connectivity index (χ3n) is 2.93. The van der Waals surface area contributed by atoms with Crippen molar-refractivity contribution < 1.29 is 14.3 Å². The van der Waals surface area contributed by atoms with Crippen molar-refractivity contribution in [2.24, 2.45) is 0 Å². The number of benzene rings is 1. The molecule has 0 fully saturated rings. The van der Waals surface area contributed by atoms with Gasteiger partial charge in [-0.2, -0.15) is 0 Å². The Kier molecular flexibility index (Phi) is 3.89. The minimum Gasteiger partial charge on any atom is -0.481 e. The minimum atomic E-state index is -0.872. The standard InChI is InChI=1S/C13H14FN3O2/c1-9-12(6-7-13(18)19)15-16-17(9)8-10-4-2-3-5-11(10)14/h2-5H,6-8H2,1H3,(H,18,19). The van der Waals surface area contributed by atoms with E-state index in [1.54, 1.807) is 29.8 Å². The summed E-state index contributed by atoms with van der Waals surface area (Å²) in [5.74, 6) is -1.16. The molecule has 2 rings (SSSR count). The van der Waals surface area contributed by atoms with E-state index in [1.165, 1.54) is 6.07 Å². The van der Waals surface area contributed by atoms with Crippen LogP contribution in [0.15, 0.2) is 24.3 Å². The molecule has 1 aromatic heterocycles. The lowest BCUT2D eigenvalue weighted by atomic mass is 10.2. The van der Waals surface area contributed by atoms with Crippen molar-refractivity contribution in [2.45, 2.75) is 26.3 Å². The van der Waals surface area contributed by atoms with Crippen LogP contribution < -0.4 is 0 Å². The molecule has 100 valence electrons. The van der Waals surface area contributed by atoms with Gasteiger partial charge >= 0.3 is 5.97 Å². The number of hydrogen-bond acceptors (Lipinski definition) is 3. The monoisotopic (exact) mass is 263 g/mol. The van der Waals surface area contributed by atoms with Gasteiger partial charge < -0.3 is 5.11 Å². The highest BCUT2D eigenvalue weighted by molar-refractivity contribution is 5.67. The van der Waals surface area contributed by atoms with Gasteiger partial charge in [-0.05, 0) is 13.0 Å². The van der Waals surface area contributed by atoms with Crippen molar-refractivity contribution in [3.63, 3.8) is 0 Å². The Morgan fingerprint density at radius 1 is 1.42 bits per heavy atom. The van der Waals surface area contributed by atoms with E-state index >= 15 is 0 Å². The first-order valence-corrected chi connectivity index (χ1v) is 5.92. The molecule has 0 radical (unpaired) electrons. The first-order valence-electron chi connectivity index (χ1n) is 5.92. The normalized spacial score (nSPS) is 10.6. The van der Waals surface area contributed by atoms with Crippen molar-refractivity contribution in [2.75, 3.05) is 0 Å². The van der Waals surface area contributed by atoms with E-state index in [9.17, 15) is 9.18 Å². The summed E-state index contributed by atoms with van der Waals surface area (Å²) in [5, 5.41) is 16.5. The van der Waals surface area contributed by atoms with Gasteiger partial charge in [0.2, 0.25) is 0 Å². The van der Waals surface area contributed by atoms with Gasteiger partial charge in [0, 0.05) is 12.0 Å². The van der Waals surface area contributed by atoms with Crippen LogP contribution in [0.2, 0.25) is 0 Å². The molecule has 0 bridgehead atoms. The molecular formula is C13H14FN3O2. The molecule has 0 saturated carbocycles. The largest absolute Gasteiger partial charge is 0.481 e. The van der Waals surface area contributed by atoms with E-state index in [-0.39, 0.29) is 12.2 Å². The van der Waals surface area contributed by atoms with Gasteiger partial charge in [0.25, 0.3) is 0 Å². The molecule has 1 heterocycles. The molecular weight excluding hydrogens is 249 g/mol. The van der Waals surface area contributed by atoms with E-state index in [0.717, 1.165) is 5.69 Å². The summed E-state index contributed by atoms with van der Waals surface area (Å²) < 4.78 is 15.1. The fraction of sp³-hybridized carbons (Fsp3) is 0.308. The summed E-state index contributed by atoms with van der Waals surface area (Å²) in [6, 6.07) is 6.47. The second kappa shape index (κ2) is 5.60. The zero-order valence-corrected chi connectivity index (χ0v) is 10.5. The lowest BCUT2D eigenvalue weighted by Crippen LogP contribution is -2.06. The van der Waals surface area contributed by atoms with Gasteiger partial charge in [-0.1, -0.05) is 23.4 Å². The third-order valence-corrected chi connectivity index (χ3v) is 2.93. The van der Waals surface area contributed by atoms with Gasteiger partial charge in [0.1, 0.15) is 5.82 Å². The summed E-state index contributed by atoms with van der Waals surface area (Å²) in [6.45, 7) is 2.09. The molecule has 19 heavy (non-hydrogen) atoms. The van der Waals surface area contributed by atoms with Crippen molar-refractivity contribution in [3.05, 3.63) is 47.0 Å². The number of aliphatic carboxylic acids is 1. The average Bonchev–Trinajstić information content (AvgIpc) is 2.71. The molecule has 0 spiro atoms. The molecule has 0 amide bonds. The molecule has 0 aliphatic heterocycles. The predicted molar refractivity (Wildman–Crippen MR) is 66.2 cm³/mol. The number of carboxylic acid groups (broad SMARTS) is 1. The molecule has 2 aromatic rings. The highest BCUT2D eigenvalue weighted by atomic mass is 19.1. The van der Waals surface area contributed by atoms with Crippen molar-refractivity contribution >= 4 is 5.97 Å². The minimum absolute atomic E-state index is 0.0131. The van der Waals surface area contributed by atoms with Gasteiger partial charge in [-0.3, -0.25) is 4.79 Å². The summed E-state index contributed by atoms with van der Waals surface area (Å²) >= 11 is 0. The number of hydrogen-bond donors (Lipinski definition) is 1. The first kappa shape index (κ1) is 13.2. The summed E-state index contributed by atoms with van der Waals surface area (Å²) in [6.07, 6.45) is 0.345. The Labute approximate surface area is 109 Å². The molecule has 5 nitrogen and oxygen atoms in total. The van der Waals surface area contributed by atoms with E-state index in [0.29, 0.717) is 24.2 Å². The van der Waals surface area contributed by atoms with E-state index in [4.69, 9.17) is 5.11 Å². The molecule has 0 unspecified atom stereocenters. The average molecular weight is 263 g/mol. The van der Waals surface area contributed by atoms with Crippen molar-refractivity contribution in [3.8, 4) is 0 Å². The zero-order valence-electron chi connectivity index (χ0n) is 10.5. The molecule has 0 atom stereocenters. The van der Waals surface area contributed by atoms with Crippen molar-refractivity contribution in [1.29, 1.82) is 0 Å². The molecule has 0 aliphatic rings. The van der Waals surface area contributed by atoms with Crippen LogP contribution in [0, 0.1) is 12.7 Å². The molecule has 6 heteroatoms. The number of halogens is 1. The van der Waals surface area contributed by atoms with Gasteiger partial charge in [-0.15, -0.1) is 5.10 Å². The molecule has 1 aromatic carbocycles. The quantitative estimate of drug-likeness (QED) is 0.893. The SMILES string of the molecule is Cc1c(CCC(=O)O)nnn1Cc1ccccc1F. The maximum absolute atomic E-state index is 13.5. The number of carboxylic acids is 1. The first-order chi connectivity index (χ1) is 9.08. The lowest BCUT2D eigenvalue weighted by molar-refractivity contribution is -0.136. The van der Waals surface area contributed by atoms with Crippen LogP contribution >= 0.6 is 0 Å². The van der Waals surface area contributed by atoms with Crippen LogP contribution in [0.4, 0.5) is 4.39 Å². The Hall–Kier alpha value is -2.24. The van der Waals surface area contributed by atoms with Gasteiger partial charge in [0.05, 0.1) is 24.4 Å². The highest BCUT2D eigenvalue weighted by Gasteiger charge is 2.11. The van der Waals surface area contributed by atoms with Gasteiger partial charge in [0.15, 0.2) is 0 Å². The van der Waals surface area contributed by atoms with Crippen LogP contribution in [-0.4, -0.2) is 26.1 Å². The van der Waals surface area contributed by atoms with E-state index in [1.807, 2.05) is 0 Å². The van der Waals surface area contributed by atoms with Crippen LogP contribution in [0.5, 0.6) is 0 Å². The highest BCUT2D eigenvalue weighted by Crippen LogP contribution is 2.12. The smallest absolute Gasteiger partial charge is 0.303 e. The number of aromatic nitrogens is 3. The number of nitrogens with zero attached hydrogens (tertiary/aromatic N) is 3. The number of carbonyl (C=O) groups is 1. The maximum Gasteiger partial charge on any atom is 0.303 e. The van der Waals surface area contributed by atoms with Gasteiger partial charge in [-0.25, -0.2) is 9.07 Å². The Balaban J connectivity index is 2.14. The van der Waals surface area contributed by atoms with E-state index in [2.05, 4.69) is 10.3 Å². The Morgan fingerprint density at radius 2 is 2.16 bits per heavy atom. The Morgan fingerprint density at radius 3 is 2.84 bits per heavy atom. The van der Waals surface area contributed by atoms with Crippen LogP contribution in [0.25, 0.3) is 0 Å². The molecule has 0 saturated heterocycles. The topological polar surface area (TPSA) is 68.0 Å². The van der Waals surface area contributed by atoms with Crippen LogP contribution in [0.1, 0.15) is 23.4 Å². The van der Waals surface area contributed by atoms with Crippen molar-refractivity contribution in [1.82, 2.24) is 15.0 Å². The maximum atomic E-state index is 13.5.